The lowest BCUT2D eigenvalue weighted by molar-refractivity contribution is 0.0534. The lowest BCUT2D eigenvalue weighted by atomic mass is 10.1. The van der Waals surface area contributed by atoms with Gasteiger partial charge < -0.3 is 24.0 Å². The van der Waals surface area contributed by atoms with E-state index in [2.05, 4.69) is 0 Å². The number of para-hydroxylation sites is 1. The largest absolute Gasteiger partial charge is 0.497 e. The highest BCUT2D eigenvalue weighted by Gasteiger charge is 2.27. The van der Waals surface area contributed by atoms with Crippen molar-refractivity contribution in [2.45, 2.75) is 6.61 Å². The monoisotopic (exact) mass is 460 g/mol. The molecule has 1 saturated heterocycles. The predicted molar refractivity (Wildman–Crippen MR) is 129 cm³/mol. The van der Waals surface area contributed by atoms with Crippen molar-refractivity contribution in [3.63, 3.8) is 0 Å². The average molecular weight is 461 g/mol. The Labute approximate surface area is 199 Å². The van der Waals surface area contributed by atoms with Crippen LogP contribution >= 0.6 is 0 Å². The van der Waals surface area contributed by atoms with E-state index in [1.165, 1.54) is 0 Å². The van der Waals surface area contributed by atoms with Crippen molar-refractivity contribution in [1.82, 2.24) is 9.80 Å². The molecule has 1 aliphatic heterocycles. The molecule has 0 spiro atoms. The minimum absolute atomic E-state index is 0.0533. The molecule has 0 radical (unpaired) electrons. The van der Waals surface area contributed by atoms with Gasteiger partial charge in [0.1, 0.15) is 23.9 Å². The highest BCUT2D eigenvalue weighted by atomic mass is 16.5. The minimum Gasteiger partial charge on any atom is -0.497 e. The molecule has 0 atom stereocenters. The van der Waals surface area contributed by atoms with Crippen LogP contribution in [0.3, 0.4) is 0 Å². The van der Waals surface area contributed by atoms with Crippen LogP contribution in [0, 0.1) is 0 Å². The molecule has 0 unspecified atom stereocenters. The molecule has 4 rings (SSSR count). The quantitative estimate of drug-likeness (QED) is 0.535. The summed E-state index contributed by atoms with van der Waals surface area (Å²) in [4.78, 5) is 29.9. The van der Waals surface area contributed by atoms with Crippen molar-refractivity contribution in [2.75, 3.05) is 40.4 Å². The summed E-state index contributed by atoms with van der Waals surface area (Å²) in [7, 11) is 3.10. The van der Waals surface area contributed by atoms with Crippen molar-refractivity contribution < 1.29 is 23.8 Å². The third kappa shape index (κ3) is 5.31. The molecular formula is C27H28N2O5. The summed E-state index contributed by atoms with van der Waals surface area (Å²) >= 11 is 0. The van der Waals surface area contributed by atoms with Crippen LogP contribution in [0.15, 0.2) is 72.8 Å². The molecule has 0 aromatic heterocycles. The predicted octanol–water partition coefficient (Wildman–Crippen LogP) is 3.88. The van der Waals surface area contributed by atoms with E-state index in [9.17, 15) is 9.59 Å². The van der Waals surface area contributed by atoms with Crippen molar-refractivity contribution >= 4 is 11.8 Å². The minimum atomic E-state index is -0.110. The molecule has 2 amide bonds. The summed E-state index contributed by atoms with van der Waals surface area (Å²) in [6.45, 7) is 2.13. The van der Waals surface area contributed by atoms with Crippen LogP contribution in [0.5, 0.6) is 17.2 Å². The van der Waals surface area contributed by atoms with Crippen LogP contribution in [0.2, 0.25) is 0 Å². The molecule has 176 valence electrons. The van der Waals surface area contributed by atoms with E-state index in [0.717, 1.165) is 11.3 Å². The van der Waals surface area contributed by atoms with Crippen LogP contribution in [0.25, 0.3) is 0 Å². The molecule has 1 aliphatic rings. The Bertz CT molecular complexity index is 1120. The molecule has 7 nitrogen and oxygen atoms in total. The highest BCUT2D eigenvalue weighted by molar-refractivity contribution is 5.97. The van der Waals surface area contributed by atoms with E-state index >= 15 is 0 Å². The summed E-state index contributed by atoms with van der Waals surface area (Å²) in [5.74, 6) is 1.71. The molecule has 0 bridgehead atoms. The second-order valence-electron chi connectivity index (χ2n) is 7.94. The maximum atomic E-state index is 13.3. The zero-order valence-electron chi connectivity index (χ0n) is 19.4. The van der Waals surface area contributed by atoms with Crippen LogP contribution < -0.4 is 14.2 Å². The van der Waals surface area contributed by atoms with Gasteiger partial charge in [-0.25, -0.2) is 0 Å². The standard InChI is InChI=1S/C27H28N2O5/c1-32-23-16-21(17-24(18-23)33-2)26(30)28-12-14-29(15-13-28)27(31)25-11-7-6-8-20(25)19-34-22-9-4-3-5-10-22/h3-11,16-18H,12-15,19H2,1-2H3. The van der Waals surface area contributed by atoms with Gasteiger partial charge in [0, 0.05) is 48.9 Å². The van der Waals surface area contributed by atoms with E-state index in [0.29, 0.717) is 55.4 Å². The van der Waals surface area contributed by atoms with Crippen LogP contribution in [-0.4, -0.2) is 62.0 Å². The maximum Gasteiger partial charge on any atom is 0.254 e. The Morgan fingerprint density at radius 2 is 1.26 bits per heavy atom. The van der Waals surface area contributed by atoms with Crippen molar-refractivity contribution in [2.24, 2.45) is 0 Å². The zero-order chi connectivity index (χ0) is 23.9. The molecule has 34 heavy (non-hydrogen) atoms. The van der Waals surface area contributed by atoms with Gasteiger partial charge in [-0.2, -0.15) is 0 Å². The Hall–Kier alpha value is -4.00. The second kappa shape index (κ2) is 10.7. The summed E-state index contributed by atoms with van der Waals surface area (Å²) in [6.07, 6.45) is 0. The third-order valence-electron chi connectivity index (χ3n) is 5.84. The Balaban J connectivity index is 1.40. The molecule has 0 aliphatic carbocycles. The number of benzene rings is 3. The van der Waals surface area contributed by atoms with Gasteiger partial charge in [-0.05, 0) is 30.3 Å². The van der Waals surface area contributed by atoms with Gasteiger partial charge in [0.25, 0.3) is 11.8 Å². The van der Waals surface area contributed by atoms with Gasteiger partial charge in [-0.15, -0.1) is 0 Å². The van der Waals surface area contributed by atoms with Gasteiger partial charge in [0.05, 0.1) is 14.2 Å². The molecule has 3 aromatic rings. The van der Waals surface area contributed by atoms with Gasteiger partial charge in [-0.1, -0.05) is 36.4 Å². The smallest absolute Gasteiger partial charge is 0.254 e. The SMILES string of the molecule is COc1cc(OC)cc(C(=O)N2CCN(C(=O)c3ccccc3COc3ccccc3)CC2)c1. The molecular weight excluding hydrogens is 432 g/mol. The number of hydrogen-bond acceptors (Lipinski definition) is 5. The topological polar surface area (TPSA) is 68.3 Å². The van der Waals surface area contributed by atoms with Gasteiger partial charge in [-0.3, -0.25) is 9.59 Å². The molecule has 0 saturated carbocycles. The fraction of sp³-hybridized carbons (Fsp3) is 0.259. The Morgan fingerprint density at radius 3 is 1.88 bits per heavy atom. The van der Waals surface area contributed by atoms with Gasteiger partial charge >= 0.3 is 0 Å². The number of amides is 2. The number of rotatable bonds is 7. The number of nitrogens with zero attached hydrogens (tertiary/aromatic N) is 2. The summed E-state index contributed by atoms with van der Waals surface area (Å²) in [5, 5.41) is 0. The summed E-state index contributed by atoms with van der Waals surface area (Å²) < 4.78 is 16.4. The normalized spacial score (nSPS) is 13.4. The van der Waals surface area contributed by atoms with E-state index in [1.807, 2.05) is 54.6 Å². The van der Waals surface area contributed by atoms with Gasteiger partial charge in [0.2, 0.25) is 0 Å². The van der Waals surface area contributed by atoms with Crippen LogP contribution in [0.1, 0.15) is 26.3 Å². The number of hydrogen-bond donors (Lipinski definition) is 0. The van der Waals surface area contributed by atoms with E-state index in [4.69, 9.17) is 14.2 Å². The first kappa shape index (κ1) is 23.2. The van der Waals surface area contributed by atoms with Crippen LogP contribution in [0.4, 0.5) is 0 Å². The maximum absolute atomic E-state index is 13.3. The van der Waals surface area contributed by atoms with Crippen molar-refractivity contribution in [1.29, 1.82) is 0 Å². The van der Waals surface area contributed by atoms with E-state index in [-0.39, 0.29) is 11.8 Å². The summed E-state index contributed by atoms with van der Waals surface area (Å²) in [6, 6.07) is 22.1. The first-order valence-corrected chi connectivity index (χ1v) is 11.2. The van der Waals surface area contributed by atoms with Crippen LogP contribution in [-0.2, 0) is 6.61 Å². The summed E-state index contributed by atoms with van der Waals surface area (Å²) in [5.41, 5.74) is 1.95. The Morgan fingerprint density at radius 1 is 0.706 bits per heavy atom. The number of piperazine rings is 1. The molecule has 1 fully saturated rings. The first-order chi connectivity index (χ1) is 16.6. The second-order valence-corrected chi connectivity index (χ2v) is 7.94. The number of ether oxygens (including phenoxy) is 3. The highest BCUT2D eigenvalue weighted by Crippen LogP contribution is 2.24. The number of carbonyl (C=O) groups excluding carboxylic acids is 2. The lowest BCUT2D eigenvalue weighted by Gasteiger charge is -2.35. The third-order valence-corrected chi connectivity index (χ3v) is 5.84. The fourth-order valence-corrected chi connectivity index (χ4v) is 3.93. The van der Waals surface area contributed by atoms with Crippen molar-refractivity contribution in [3.8, 4) is 17.2 Å². The lowest BCUT2D eigenvalue weighted by Crippen LogP contribution is -2.50. The zero-order valence-corrected chi connectivity index (χ0v) is 19.4. The van der Waals surface area contributed by atoms with Crippen molar-refractivity contribution in [3.05, 3.63) is 89.5 Å². The average Bonchev–Trinajstić information content (AvgIpc) is 2.91. The fourth-order valence-electron chi connectivity index (χ4n) is 3.93. The molecule has 0 N–H and O–H groups in total. The molecule has 1 heterocycles. The van der Waals surface area contributed by atoms with E-state index in [1.54, 1.807) is 42.2 Å². The first-order valence-electron chi connectivity index (χ1n) is 11.2. The number of carbonyl (C=O) groups is 2. The number of methoxy groups -OCH3 is 2. The Kier molecular flexibility index (Phi) is 7.32. The molecule has 3 aromatic carbocycles. The molecule has 7 heteroatoms. The van der Waals surface area contributed by atoms with E-state index < -0.39 is 0 Å². The van der Waals surface area contributed by atoms with Gasteiger partial charge in [0.15, 0.2) is 0 Å².